The van der Waals surface area contributed by atoms with E-state index >= 15 is 0 Å². The molecule has 18 heavy (non-hydrogen) atoms. The number of benzene rings is 1. The van der Waals surface area contributed by atoms with Crippen LogP contribution in [-0.4, -0.2) is 27.8 Å². The zero-order chi connectivity index (χ0) is 13.7. The highest BCUT2D eigenvalue weighted by molar-refractivity contribution is 7.98. The van der Waals surface area contributed by atoms with Gasteiger partial charge in [0.1, 0.15) is 6.04 Å². The normalized spacial score (nSPS) is 12.1. The van der Waals surface area contributed by atoms with Crippen LogP contribution in [0.4, 0.5) is 5.69 Å². The van der Waals surface area contributed by atoms with Crippen LogP contribution in [0.5, 0.6) is 0 Å². The monoisotopic (exact) mass is 290 g/mol. The number of halogens is 1. The van der Waals surface area contributed by atoms with Crippen molar-refractivity contribution in [3.05, 3.63) is 38.9 Å². The second-order valence-corrected chi connectivity index (χ2v) is 4.89. The molecule has 0 saturated carbocycles. The molecule has 1 aromatic carbocycles. The van der Waals surface area contributed by atoms with E-state index in [-0.39, 0.29) is 17.2 Å². The third kappa shape index (κ3) is 3.86. The SMILES string of the molecule is NC(CSCc1c(Cl)cccc1[N+](=O)[O-])C(=O)O. The van der Waals surface area contributed by atoms with Gasteiger partial charge in [0.2, 0.25) is 0 Å². The van der Waals surface area contributed by atoms with Crippen molar-refractivity contribution in [2.75, 3.05) is 5.75 Å². The number of hydrogen-bond donors (Lipinski definition) is 2. The molecule has 0 radical (unpaired) electrons. The predicted octanol–water partition coefficient (Wildman–Crippen LogP) is 1.89. The van der Waals surface area contributed by atoms with E-state index in [1.807, 2.05) is 0 Å². The first-order valence-electron chi connectivity index (χ1n) is 4.91. The number of thioether (sulfide) groups is 1. The minimum absolute atomic E-state index is 0.0705. The molecular weight excluding hydrogens is 280 g/mol. The summed E-state index contributed by atoms with van der Waals surface area (Å²) in [5, 5.41) is 19.7. The number of nitro groups is 1. The third-order valence-electron chi connectivity index (χ3n) is 2.15. The van der Waals surface area contributed by atoms with Crippen molar-refractivity contribution in [1.82, 2.24) is 0 Å². The molecule has 98 valence electrons. The Hall–Kier alpha value is -1.31. The fourth-order valence-corrected chi connectivity index (χ4v) is 2.56. The molecule has 1 unspecified atom stereocenters. The van der Waals surface area contributed by atoms with Crippen molar-refractivity contribution in [3.8, 4) is 0 Å². The van der Waals surface area contributed by atoms with Crippen molar-refractivity contribution in [2.24, 2.45) is 5.73 Å². The zero-order valence-electron chi connectivity index (χ0n) is 9.21. The average molecular weight is 291 g/mol. The lowest BCUT2D eigenvalue weighted by molar-refractivity contribution is -0.385. The van der Waals surface area contributed by atoms with Gasteiger partial charge in [0.05, 0.1) is 15.5 Å². The molecule has 0 aliphatic carbocycles. The number of carbonyl (C=O) groups is 1. The minimum atomic E-state index is -1.10. The molecule has 0 bridgehead atoms. The number of carboxylic acids is 1. The minimum Gasteiger partial charge on any atom is -0.480 e. The van der Waals surface area contributed by atoms with Gasteiger partial charge in [-0.15, -0.1) is 0 Å². The number of hydrogen-bond acceptors (Lipinski definition) is 5. The number of nitro benzene ring substituents is 1. The summed E-state index contributed by atoms with van der Waals surface area (Å²) >= 11 is 7.08. The molecule has 1 atom stereocenters. The Labute approximate surface area is 112 Å². The molecule has 0 heterocycles. The summed E-state index contributed by atoms with van der Waals surface area (Å²) < 4.78 is 0. The fraction of sp³-hybridized carbons (Fsp3) is 0.300. The summed E-state index contributed by atoms with van der Waals surface area (Å²) in [6.07, 6.45) is 0. The van der Waals surface area contributed by atoms with Gasteiger partial charge >= 0.3 is 5.97 Å². The number of nitrogens with zero attached hydrogens (tertiary/aromatic N) is 1. The highest BCUT2D eigenvalue weighted by Gasteiger charge is 2.18. The van der Waals surface area contributed by atoms with Gasteiger partial charge in [-0.25, -0.2) is 0 Å². The van der Waals surface area contributed by atoms with Gasteiger partial charge in [-0.05, 0) is 6.07 Å². The number of nitrogens with two attached hydrogens (primary N) is 1. The van der Waals surface area contributed by atoms with E-state index < -0.39 is 16.9 Å². The maximum Gasteiger partial charge on any atom is 0.321 e. The van der Waals surface area contributed by atoms with Crippen molar-refractivity contribution in [1.29, 1.82) is 0 Å². The average Bonchev–Trinajstić information content (AvgIpc) is 2.30. The molecule has 0 aliphatic heterocycles. The maximum absolute atomic E-state index is 10.8. The summed E-state index contributed by atoms with van der Waals surface area (Å²) in [5.74, 6) is -0.689. The Balaban J connectivity index is 2.72. The van der Waals surface area contributed by atoms with E-state index in [1.54, 1.807) is 6.07 Å². The van der Waals surface area contributed by atoms with Crippen LogP contribution in [0.2, 0.25) is 5.02 Å². The summed E-state index contributed by atoms with van der Waals surface area (Å²) in [7, 11) is 0. The van der Waals surface area contributed by atoms with Crippen LogP contribution < -0.4 is 5.73 Å². The topological polar surface area (TPSA) is 106 Å². The first-order valence-corrected chi connectivity index (χ1v) is 6.44. The van der Waals surface area contributed by atoms with E-state index in [1.165, 1.54) is 23.9 Å². The molecule has 0 fully saturated rings. The van der Waals surface area contributed by atoms with Crippen LogP contribution in [0.3, 0.4) is 0 Å². The molecule has 0 aromatic heterocycles. The van der Waals surface area contributed by atoms with Crippen molar-refractivity contribution < 1.29 is 14.8 Å². The van der Waals surface area contributed by atoms with Crippen molar-refractivity contribution in [3.63, 3.8) is 0 Å². The van der Waals surface area contributed by atoms with Gasteiger partial charge in [0, 0.05) is 17.6 Å². The Morgan fingerprint density at radius 2 is 2.28 bits per heavy atom. The molecule has 6 nitrogen and oxygen atoms in total. The molecule has 0 saturated heterocycles. The Kier molecular flexibility index (Phi) is 5.39. The fourth-order valence-electron chi connectivity index (χ4n) is 1.22. The molecule has 8 heteroatoms. The standard InChI is InChI=1S/C10H11ClN2O4S/c11-7-2-1-3-9(13(16)17)6(7)4-18-5-8(12)10(14)15/h1-3,8H,4-5,12H2,(H,14,15). The van der Waals surface area contributed by atoms with Crippen LogP contribution in [0.25, 0.3) is 0 Å². The van der Waals surface area contributed by atoms with Crippen LogP contribution in [0.1, 0.15) is 5.56 Å². The Bertz CT molecular complexity index is 469. The second kappa shape index (κ2) is 6.58. The van der Waals surface area contributed by atoms with Crippen LogP contribution >= 0.6 is 23.4 Å². The lowest BCUT2D eigenvalue weighted by atomic mass is 10.2. The van der Waals surface area contributed by atoms with E-state index in [0.29, 0.717) is 10.6 Å². The van der Waals surface area contributed by atoms with Crippen LogP contribution in [0.15, 0.2) is 18.2 Å². The summed E-state index contributed by atoms with van der Waals surface area (Å²) in [5.41, 5.74) is 5.64. The number of rotatable bonds is 6. The maximum atomic E-state index is 10.8. The highest BCUT2D eigenvalue weighted by Crippen LogP contribution is 2.29. The van der Waals surface area contributed by atoms with Crippen molar-refractivity contribution in [2.45, 2.75) is 11.8 Å². The van der Waals surface area contributed by atoms with E-state index in [9.17, 15) is 14.9 Å². The smallest absolute Gasteiger partial charge is 0.321 e. The molecule has 1 aromatic rings. The summed E-state index contributed by atoms with van der Waals surface area (Å²) in [6, 6.07) is 3.43. The summed E-state index contributed by atoms with van der Waals surface area (Å²) in [4.78, 5) is 20.8. The van der Waals surface area contributed by atoms with Crippen LogP contribution in [-0.2, 0) is 10.5 Å². The Morgan fingerprint density at radius 1 is 1.61 bits per heavy atom. The molecule has 3 N–H and O–H groups in total. The molecule has 1 rings (SSSR count). The summed E-state index contributed by atoms with van der Waals surface area (Å²) in [6.45, 7) is 0. The lowest BCUT2D eigenvalue weighted by Gasteiger charge is -2.07. The van der Waals surface area contributed by atoms with Crippen LogP contribution in [0, 0.1) is 10.1 Å². The van der Waals surface area contributed by atoms with E-state index in [2.05, 4.69) is 0 Å². The molecule has 0 spiro atoms. The van der Waals surface area contributed by atoms with Gasteiger partial charge in [-0.3, -0.25) is 14.9 Å². The zero-order valence-corrected chi connectivity index (χ0v) is 10.8. The van der Waals surface area contributed by atoms with Gasteiger partial charge < -0.3 is 10.8 Å². The highest BCUT2D eigenvalue weighted by atomic mass is 35.5. The van der Waals surface area contributed by atoms with Gasteiger partial charge in [-0.1, -0.05) is 17.7 Å². The molecular formula is C10H11ClN2O4S. The van der Waals surface area contributed by atoms with Gasteiger partial charge in [0.15, 0.2) is 0 Å². The predicted molar refractivity (Wildman–Crippen MR) is 69.9 cm³/mol. The first kappa shape index (κ1) is 14.7. The first-order chi connectivity index (χ1) is 8.43. The van der Waals surface area contributed by atoms with E-state index in [4.69, 9.17) is 22.4 Å². The van der Waals surface area contributed by atoms with E-state index in [0.717, 1.165) is 0 Å². The number of carboxylic acid groups (broad SMARTS) is 1. The van der Waals surface area contributed by atoms with Gasteiger partial charge in [0.25, 0.3) is 5.69 Å². The largest absolute Gasteiger partial charge is 0.480 e. The molecule has 0 aliphatic rings. The van der Waals surface area contributed by atoms with Crippen molar-refractivity contribution >= 4 is 35.0 Å². The lowest BCUT2D eigenvalue weighted by Crippen LogP contribution is -2.32. The second-order valence-electron chi connectivity index (χ2n) is 3.45. The Morgan fingerprint density at radius 3 is 2.83 bits per heavy atom. The number of aliphatic carboxylic acids is 1. The van der Waals surface area contributed by atoms with Gasteiger partial charge in [-0.2, -0.15) is 11.8 Å². The third-order valence-corrected chi connectivity index (χ3v) is 3.59. The quantitative estimate of drug-likeness (QED) is 0.612. The molecule has 0 amide bonds.